The highest BCUT2D eigenvalue weighted by Gasteiger charge is 2.23. The number of carbonyl (C=O) groups excluding carboxylic acids is 2. The fraction of sp³-hybridized carbons (Fsp3) is 0.238. The molecular formula is C21H22N4O4. The van der Waals surface area contributed by atoms with Crippen molar-refractivity contribution in [2.75, 3.05) is 23.3 Å². The van der Waals surface area contributed by atoms with Crippen LogP contribution in [0.4, 0.5) is 17.1 Å². The lowest BCUT2D eigenvalue weighted by molar-refractivity contribution is -0.384. The van der Waals surface area contributed by atoms with Gasteiger partial charge in [-0.05, 0) is 60.9 Å². The van der Waals surface area contributed by atoms with Crippen LogP contribution in [0.15, 0.2) is 54.6 Å². The number of hydrogen-bond acceptors (Lipinski definition) is 5. The number of piperidine rings is 1. The van der Waals surface area contributed by atoms with E-state index in [1.807, 2.05) is 24.3 Å². The molecule has 1 heterocycles. The van der Waals surface area contributed by atoms with E-state index < -0.39 is 4.92 Å². The maximum atomic E-state index is 12.1. The van der Waals surface area contributed by atoms with Crippen molar-refractivity contribution in [3.05, 3.63) is 70.3 Å². The van der Waals surface area contributed by atoms with Gasteiger partial charge in [-0.2, -0.15) is 0 Å². The maximum Gasteiger partial charge on any atom is 0.269 e. The van der Waals surface area contributed by atoms with E-state index in [0.717, 1.165) is 31.6 Å². The number of amides is 2. The standard InChI is InChI=1S/C21H22N4O4/c22-21(27)16-11-13-24(14-12-16)18-8-4-17(5-9-18)23-20(26)10-3-15-1-6-19(7-2-15)25(28)29/h1-10,16H,11-14H2,(H2,22,27)(H,23,26)/b10-3+. The van der Waals surface area contributed by atoms with Crippen LogP contribution in [-0.4, -0.2) is 29.8 Å². The normalized spacial score (nSPS) is 14.7. The van der Waals surface area contributed by atoms with Gasteiger partial charge in [0.25, 0.3) is 5.69 Å². The van der Waals surface area contributed by atoms with Crippen molar-refractivity contribution >= 4 is 35.0 Å². The molecule has 1 aliphatic rings. The molecule has 29 heavy (non-hydrogen) atoms. The van der Waals surface area contributed by atoms with Gasteiger partial charge >= 0.3 is 0 Å². The molecule has 0 aliphatic carbocycles. The molecule has 150 valence electrons. The van der Waals surface area contributed by atoms with Crippen molar-refractivity contribution in [3.8, 4) is 0 Å². The minimum atomic E-state index is -0.468. The van der Waals surface area contributed by atoms with Crippen LogP contribution < -0.4 is 16.0 Å². The number of non-ortho nitro benzene ring substituents is 1. The molecule has 0 bridgehead atoms. The molecule has 1 fully saturated rings. The van der Waals surface area contributed by atoms with Crippen molar-refractivity contribution in [2.24, 2.45) is 11.7 Å². The summed E-state index contributed by atoms with van der Waals surface area (Å²) in [5, 5.41) is 13.4. The van der Waals surface area contributed by atoms with Crippen LogP contribution in [-0.2, 0) is 9.59 Å². The van der Waals surface area contributed by atoms with E-state index in [1.54, 1.807) is 18.2 Å². The lowest BCUT2D eigenvalue weighted by atomic mass is 9.96. The predicted octanol–water partition coefficient (Wildman–Crippen LogP) is 2.95. The van der Waals surface area contributed by atoms with Crippen LogP contribution in [0, 0.1) is 16.0 Å². The summed E-state index contributed by atoms with van der Waals surface area (Å²) in [5.41, 5.74) is 7.77. The molecule has 8 heteroatoms. The van der Waals surface area contributed by atoms with Crippen LogP contribution >= 0.6 is 0 Å². The Hall–Kier alpha value is -3.68. The topological polar surface area (TPSA) is 119 Å². The van der Waals surface area contributed by atoms with E-state index in [0.29, 0.717) is 11.3 Å². The van der Waals surface area contributed by atoms with Gasteiger partial charge in [0, 0.05) is 48.6 Å². The molecule has 8 nitrogen and oxygen atoms in total. The van der Waals surface area contributed by atoms with E-state index in [4.69, 9.17) is 5.73 Å². The predicted molar refractivity (Wildman–Crippen MR) is 111 cm³/mol. The SMILES string of the molecule is NC(=O)C1CCN(c2ccc(NC(=O)/C=C/c3ccc([N+](=O)[O-])cc3)cc2)CC1. The van der Waals surface area contributed by atoms with Gasteiger partial charge in [-0.3, -0.25) is 19.7 Å². The largest absolute Gasteiger partial charge is 0.371 e. The first kappa shape index (κ1) is 20.1. The molecule has 0 spiro atoms. The molecule has 0 saturated carbocycles. The van der Waals surface area contributed by atoms with Crippen LogP contribution in [0.2, 0.25) is 0 Å². The van der Waals surface area contributed by atoms with E-state index >= 15 is 0 Å². The molecule has 2 aromatic rings. The molecule has 2 amide bonds. The Morgan fingerprint density at radius 2 is 1.69 bits per heavy atom. The first-order chi connectivity index (χ1) is 13.9. The number of nitro benzene ring substituents is 1. The van der Waals surface area contributed by atoms with E-state index in [9.17, 15) is 19.7 Å². The zero-order valence-corrected chi connectivity index (χ0v) is 15.8. The van der Waals surface area contributed by atoms with Crippen LogP contribution in [0.3, 0.4) is 0 Å². The number of nitrogens with two attached hydrogens (primary N) is 1. The lowest BCUT2D eigenvalue weighted by Crippen LogP contribution is -2.38. The number of nitrogens with one attached hydrogen (secondary N) is 1. The number of nitrogens with zero attached hydrogens (tertiary/aromatic N) is 2. The highest BCUT2D eigenvalue weighted by Crippen LogP contribution is 2.24. The summed E-state index contributed by atoms with van der Waals surface area (Å²) in [4.78, 5) is 35.7. The Morgan fingerprint density at radius 1 is 1.07 bits per heavy atom. The zero-order valence-electron chi connectivity index (χ0n) is 15.8. The third-order valence-electron chi connectivity index (χ3n) is 4.93. The third-order valence-corrected chi connectivity index (χ3v) is 4.93. The van der Waals surface area contributed by atoms with Crippen LogP contribution in [0.25, 0.3) is 6.08 Å². The highest BCUT2D eigenvalue weighted by molar-refractivity contribution is 6.02. The number of carbonyl (C=O) groups is 2. The van der Waals surface area contributed by atoms with Crippen molar-refractivity contribution in [2.45, 2.75) is 12.8 Å². The average Bonchev–Trinajstić information content (AvgIpc) is 2.73. The number of benzene rings is 2. The smallest absolute Gasteiger partial charge is 0.269 e. The highest BCUT2D eigenvalue weighted by atomic mass is 16.6. The molecule has 2 aromatic carbocycles. The average molecular weight is 394 g/mol. The van der Waals surface area contributed by atoms with Gasteiger partial charge in [-0.15, -0.1) is 0 Å². The zero-order chi connectivity index (χ0) is 20.8. The number of anilines is 2. The monoisotopic (exact) mass is 394 g/mol. The van der Waals surface area contributed by atoms with Gasteiger partial charge in [-0.25, -0.2) is 0 Å². The molecule has 0 aromatic heterocycles. The second kappa shape index (κ2) is 9.01. The third kappa shape index (κ3) is 5.41. The summed E-state index contributed by atoms with van der Waals surface area (Å²) in [5.74, 6) is -0.574. The molecule has 1 saturated heterocycles. The van der Waals surface area contributed by atoms with Gasteiger partial charge in [0.05, 0.1) is 4.92 Å². The van der Waals surface area contributed by atoms with Gasteiger partial charge < -0.3 is 16.0 Å². The van der Waals surface area contributed by atoms with Crippen molar-refractivity contribution in [1.29, 1.82) is 0 Å². The molecular weight excluding hydrogens is 372 g/mol. The van der Waals surface area contributed by atoms with Crippen LogP contribution in [0.5, 0.6) is 0 Å². The van der Waals surface area contributed by atoms with E-state index in [-0.39, 0.29) is 23.4 Å². The van der Waals surface area contributed by atoms with Gasteiger partial charge in [0.15, 0.2) is 0 Å². The first-order valence-electron chi connectivity index (χ1n) is 9.30. The number of rotatable bonds is 6. The van der Waals surface area contributed by atoms with Crippen LogP contribution in [0.1, 0.15) is 18.4 Å². The van der Waals surface area contributed by atoms with E-state index in [1.165, 1.54) is 18.2 Å². The quantitative estimate of drug-likeness (QED) is 0.444. The fourth-order valence-electron chi connectivity index (χ4n) is 3.24. The second-order valence-corrected chi connectivity index (χ2v) is 6.88. The minimum absolute atomic E-state index is 0.00513. The van der Waals surface area contributed by atoms with Crippen molar-refractivity contribution in [1.82, 2.24) is 0 Å². The van der Waals surface area contributed by atoms with Gasteiger partial charge in [0.1, 0.15) is 0 Å². The minimum Gasteiger partial charge on any atom is -0.371 e. The van der Waals surface area contributed by atoms with Crippen molar-refractivity contribution in [3.63, 3.8) is 0 Å². The Balaban J connectivity index is 1.53. The molecule has 3 rings (SSSR count). The fourth-order valence-corrected chi connectivity index (χ4v) is 3.24. The Kier molecular flexibility index (Phi) is 6.23. The molecule has 3 N–H and O–H groups in total. The summed E-state index contributed by atoms with van der Waals surface area (Å²) >= 11 is 0. The van der Waals surface area contributed by atoms with Gasteiger partial charge in [0.2, 0.25) is 11.8 Å². The number of hydrogen-bond donors (Lipinski definition) is 2. The Labute approximate surface area is 168 Å². The molecule has 0 radical (unpaired) electrons. The van der Waals surface area contributed by atoms with E-state index in [2.05, 4.69) is 10.2 Å². The number of nitro groups is 1. The molecule has 1 aliphatic heterocycles. The molecule has 0 atom stereocenters. The summed E-state index contributed by atoms with van der Waals surface area (Å²) in [6, 6.07) is 13.5. The van der Waals surface area contributed by atoms with Gasteiger partial charge in [-0.1, -0.05) is 0 Å². The summed E-state index contributed by atoms with van der Waals surface area (Å²) in [6.45, 7) is 1.55. The summed E-state index contributed by atoms with van der Waals surface area (Å²) in [7, 11) is 0. The molecule has 0 unspecified atom stereocenters. The second-order valence-electron chi connectivity index (χ2n) is 6.88. The summed E-state index contributed by atoms with van der Waals surface area (Å²) < 4.78 is 0. The Bertz CT molecular complexity index is 915. The number of primary amides is 1. The van der Waals surface area contributed by atoms with Crippen molar-refractivity contribution < 1.29 is 14.5 Å². The maximum absolute atomic E-state index is 12.1. The lowest BCUT2D eigenvalue weighted by Gasteiger charge is -2.32. The summed E-state index contributed by atoms with van der Waals surface area (Å²) in [6.07, 6.45) is 4.47. The Morgan fingerprint density at radius 3 is 2.24 bits per heavy atom. The first-order valence-corrected chi connectivity index (χ1v) is 9.30.